The highest BCUT2D eigenvalue weighted by Crippen LogP contribution is 2.26. The summed E-state index contributed by atoms with van der Waals surface area (Å²) in [7, 11) is -9.79. The van der Waals surface area contributed by atoms with Crippen molar-refractivity contribution >= 4 is 31.9 Å². The topological polar surface area (TPSA) is 172 Å². The molecule has 0 fully saturated rings. The predicted octanol–water partition coefficient (Wildman–Crippen LogP) is -0.540. The second kappa shape index (κ2) is 4.20. The molecule has 100 valence electrons. The third-order valence-corrected chi connectivity index (χ3v) is 3.65. The summed E-state index contributed by atoms with van der Waals surface area (Å²) in [5.41, 5.74) is 3.47. The molecular weight excluding hydrogens is 290 g/mol. The summed E-state index contributed by atoms with van der Waals surface area (Å²) in [6.07, 6.45) is 0. The van der Waals surface area contributed by atoms with Gasteiger partial charge in [-0.2, -0.15) is 16.8 Å². The maximum absolute atomic E-state index is 10.9. The first-order valence-corrected chi connectivity index (χ1v) is 6.94. The van der Waals surface area contributed by atoms with Gasteiger partial charge >= 0.3 is 5.97 Å². The fourth-order valence-corrected chi connectivity index (χ4v) is 2.41. The van der Waals surface area contributed by atoms with E-state index in [1.807, 2.05) is 0 Å². The molecule has 1 rings (SSSR count). The van der Waals surface area contributed by atoms with Crippen molar-refractivity contribution in [3.05, 3.63) is 17.7 Å². The van der Waals surface area contributed by atoms with Crippen molar-refractivity contribution in [3.8, 4) is 0 Å². The standard InChI is InChI=1S/C7H7NO8S2/c8-6-4(7(9)10)1-3(17(11,12)13)2-5(6)18(14,15)16/h1-2H,8H2,(H,9,10)(H,11,12,13)(H,14,15,16). The fourth-order valence-electron chi connectivity index (χ4n) is 1.14. The minimum atomic E-state index is -4.94. The molecule has 0 spiro atoms. The van der Waals surface area contributed by atoms with Gasteiger partial charge in [0.2, 0.25) is 0 Å². The minimum Gasteiger partial charge on any atom is -0.478 e. The Kier molecular flexibility index (Phi) is 3.36. The SMILES string of the molecule is Nc1c(C(=O)O)cc(S(=O)(=O)O)cc1S(=O)(=O)O. The molecule has 0 atom stereocenters. The molecule has 0 aliphatic carbocycles. The Morgan fingerprint density at radius 2 is 1.56 bits per heavy atom. The zero-order chi connectivity index (χ0) is 14.3. The summed E-state index contributed by atoms with van der Waals surface area (Å²) < 4.78 is 61.0. The van der Waals surface area contributed by atoms with E-state index in [0.29, 0.717) is 12.1 Å². The number of carbonyl (C=O) groups is 1. The van der Waals surface area contributed by atoms with Gasteiger partial charge in [0, 0.05) is 0 Å². The number of anilines is 1. The van der Waals surface area contributed by atoms with Crippen LogP contribution in [0.15, 0.2) is 21.9 Å². The second-order valence-corrected chi connectivity index (χ2v) is 5.95. The fraction of sp³-hybridized carbons (Fsp3) is 0. The van der Waals surface area contributed by atoms with Crippen molar-refractivity contribution in [1.29, 1.82) is 0 Å². The molecule has 0 amide bonds. The van der Waals surface area contributed by atoms with Crippen LogP contribution in [-0.4, -0.2) is 37.0 Å². The molecule has 0 radical (unpaired) electrons. The van der Waals surface area contributed by atoms with E-state index in [9.17, 15) is 21.6 Å². The average molecular weight is 297 g/mol. The van der Waals surface area contributed by atoms with Gasteiger partial charge in [-0.1, -0.05) is 0 Å². The van der Waals surface area contributed by atoms with Gasteiger partial charge in [-0.3, -0.25) is 9.11 Å². The Balaban J connectivity index is 3.86. The minimum absolute atomic E-state index is 0.354. The second-order valence-electron chi connectivity index (χ2n) is 3.14. The summed E-state index contributed by atoms with van der Waals surface area (Å²) in [6, 6.07) is 0.827. The molecule has 0 aromatic heterocycles. The van der Waals surface area contributed by atoms with Crippen LogP contribution in [0.5, 0.6) is 0 Å². The highest BCUT2D eigenvalue weighted by atomic mass is 32.2. The lowest BCUT2D eigenvalue weighted by Gasteiger charge is -2.08. The van der Waals surface area contributed by atoms with E-state index >= 15 is 0 Å². The molecule has 9 nitrogen and oxygen atoms in total. The molecule has 0 aliphatic rings. The largest absolute Gasteiger partial charge is 0.478 e. The number of carboxylic acids is 1. The van der Waals surface area contributed by atoms with Crippen LogP contribution in [0.4, 0.5) is 5.69 Å². The van der Waals surface area contributed by atoms with E-state index in [1.54, 1.807) is 0 Å². The van der Waals surface area contributed by atoms with Crippen molar-refractivity contribution in [2.45, 2.75) is 9.79 Å². The monoisotopic (exact) mass is 297 g/mol. The van der Waals surface area contributed by atoms with Crippen LogP contribution in [0.3, 0.4) is 0 Å². The number of hydrogen-bond acceptors (Lipinski definition) is 6. The summed E-state index contributed by atoms with van der Waals surface area (Å²) in [4.78, 5) is 8.62. The van der Waals surface area contributed by atoms with Gasteiger partial charge < -0.3 is 10.8 Å². The third-order valence-electron chi connectivity index (χ3n) is 1.92. The lowest BCUT2D eigenvalue weighted by atomic mass is 10.2. The van der Waals surface area contributed by atoms with Crippen molar-refractivity contribution in [2.24, 2.45) is 0 Å². The number of nitrogen functional groups attached to an aromatic ring is 1. The van der Waals surface area contributed by atoms with Gasteiger partial charge in [0.1, 0.15) is 4.90 Å². The molecule has 5 N–H and O–H groups in total. The highest BCUT2D eigenvalue weighted by Gasteiger charge is 2.24. The predicted molar refractivity (Wildman–Crippen MR) is 57.4 cm³/mol. The van der Waals surface area contributed by atoms with E-state index < -0.39 is 47.2 Å². The molecular formula is C7H7NO8S2. The molecule has 0 bridgehead atoms. The van der Waals surface area contributed by atoms with E-state index in [-0.39, 0.29) is 0 Å². The van der Waals surface area contributed by atoms with Crippen molar-refractivity contribution in [1.82, 2.24) is 0 Å². The van der Waals surface area contributed by atoms with Crippen LogP contribution in [0.1, 0.15) is 10.4 Å². The normalized spacial score (nSPS) is 12.3. The first-order chi connectivity index (χ1) is 7.94. The molecule has 0 saturated heterocycles. The van der Waals surface area contributed by atoms with Gasteiger partial charge in [0.25, 0.3) is 20.2 Å². The van der Waals surface area contributed by atoms with Crippen LogP contribution >= 0.6 is 0 Å². The molecule has 11 heteroatoms. The lowest BCUT2D eigenvalue weighted by molar-refractivity contribution is 0.0697. The van der Waals surface area contributed by atoms with E-state index in [4.69, 9.17) is 19.9 Å². The van der Waals surface area contributed by atoms with Crippen molar-refractivity contribution in [2.75, 3.05) is 5.73 Å². The molecule has 0 saturated carbocycles. The zero-order valence-corrected chi connectivity index (χ0v) is 10.1. The van der Waals surface area contributed by atoms with Crippen LogP contribution in [-0.2, 0) is 20.2 Å². The summed E-state index contributed by atoms with van der Waals surface area (Å²) in [5, 5.41) is 8.71. The Bertz CT molecular complexity index is 718. The maximum atomic E-state index is 10.9. The van der Waals surface area contributed by atoms with Crippen molar-refractivity contribution < 1.29 is 35.8 Å². The summed E-state index contributed by atoms with van der Waals surface area (Å²) in [6.45, 7) is 0. The van der Waals surface area contributed by atoms with Crippen LogP contribution in [0.25, 0.3) is 0 Å². The molecule has 1 aromatic carbocycles. The van der Waals surface area contributed by atoms with Crippen LogP contribution in [0, 0.1) is 0 Å². The molecule has 0 heterocycles. The number of hydrogen-bond donors (Lipinski definition) is 4. The molecule has 1 aromatic rings. The van der Waals surface area contributed by atoms with E-state index in [0.717, 1.165) is 0 Å². The number of carboxylic acid groups (broad SMARTS) is 1. The molecule has 0 aliphatic heterocycles. The van der Waals surface area contributed by atoms with Crippen molar-refractivity contribution in [3.63, 3.8) is 0 Å². The summed E-state index contributed by atoms with van der Waals surface area (Å²) >= 11 is 0. The Hall–Kier alpha value is -1.69. The quantitative estimate of drug-likeness (QED) is 0.422. The third kappa shape index (κ3) is 2.76. The van der Waals surface area contributed by atoms with E-state index in [2.05, 4.69) is 0 Å². The van der Waals surface area contributed by atoms with Crippen LogP contribution < -0.4 is 5.73 Å². The van der Waals surface area contributed by atoms with Gasteiger partial charge in [0.15, 0.2) is 0 Å². The lowest BCUT2D eigenvalue weighted by Crippen LogP contribution is -2.12. The Morgan fingerprint density at radius 1 is 1.06 bits per heavy atom. The number of benzene rings is 1. The zero-order valence-electron chi connectivity index (χ0n) is 8.43. The Labute approximate surface area is 101 Å². The molecule has 0 unspecified atom stereocenters. The first-order valence-electron chi connectivity index (χ1n) is 4.06. The maximum Gasteiger partial charge on any atom is 0.337 e. The highest BCUT2D eigenvalue weighted by molar-refractivity contribution is 7.86. The first kappa shape index (κ1) is 14.4. The average Bonchev–Trinajstić information content (AvgIpc) is 2.13. The van der Waals surface area contributed by atoms with Gasteiger partial charge in [-0.05, 0) is 12.1 Å². The Morgan fingerprint density at radius 3 is 1.89 bits per heavy atom. The molecule has 18 heavy (non-hydrogen) atoms. The van der Waals surface area contributed by atoms with Gasteiger partial charge in [-0.15, -0.1) is 0 Å². The number of rotatable bonds is 3. The number of nitrogens with two attached hydrogens (primary N) is 1. The van der Waals surface area contributed by atoms with Gasteiger partial charge in [-0.25, -0.2) is 4.79 Å². The summed E-state index contributed by atoms with van der Waals surface area (Å²) in [5.74, 6) is -1.72. The van der Waals surface area contributed by atoms with E-state index in [1.165, 1.54) is 0 Å². The van der Waals surface area contributed by atoms with Crippen LogP contribution in [0.2, 0.25) is 0 Å². The number of aromatic carboxylic acids is 1. The van der Waals surface area contributed by atoms with Gasteiger partial charge in [0.05, 0.1) is 16.1 Å². The smallest absolute Gasteiger partial charge is 0.337 e.